The number of nitrogens with two attached hydrogens (primary N) is 1. The Labute approximate surface area is 113 Å². The third kappa shape index (κ3) is 3.25. The van der Waals surface area contributed by atoms with Crippen molar-refractivity contribution < 1.29 is 4.39 Å². The Balaban J connectivity index is 2.06. The zero-order valence-corrected chi connectivity index (χ0v) is 11.3. The number of nitrogens with one attached hydrogen (secondary N) is 1. The van der Waals surface area contributed by atoms with Gasteiger partial charge in [-0.25, -0.2) is 4.39 Å². The molecule has 19 heavy (non-hydrogen) atoms. The van der Waals surface area contributed by atoms with Crippen molar-refractivity contribution in [3.63, 3.8) is 0 Å². The van der Waals surface area contributed by atoms with E-state index < -0.39 is 0 Å². The van der Waals surface area contributed by atoms with Crippen LogP contribution in [0.15, 0.2) is 42.5 Å². The maximum Gasteiger partial charge on any atom is 0.148 e. The fourth-order valence-corrected chi connectivity index (χ4v) is 1.94. The molecule has 2 aromatic rings. The molecule has 100 valence electrons. The van der Waals surface area contributed by atoms with E-state index in [-0.39, 0.29) is 5.82 Å². The standard InChI is InChI=1S/C16H19FN2/c1-11(2)13-8-6-12(7-9-13)10-19-16-14(17)4-3-5-15(16)18/h3-9,11,19H,10,18H2,1-2H3. The molecule has 0 bridgehead atoms. The van der Waals surface area contributed by atoms with Crippen molar-refractivity contribution in [3.05, 3.63) is 59.4 Å². The second-order valence-corrected chi connectivity index (χ2v) is 4.95. The molecule has 2 aromatic carbocycles. The van der Waals surface area contributed by atoms with E-state index in [0.717, 1.165) is 5.56 Å². The van der Waals surface area contributed by atoms with Gasteiger partial charge in [-0.3, -0.25) is 0 Å². The summed E-state index contributed by atoms with van der Waals surface area (Å²) in [5.41, 5.74) is 8.95. The maximum absolute atomic E-state index is 13.6. The van der Waals surface area contributed by atoms with Crippen LogP contribution in [0.4, 0.5) is 15.8 Å². The largest absolute Gasteiger partial charge is 0.397 e. The first-order valence-corrected chi connectivity index (χ1v) is 6.44. The van der Waals surface area contributed by atoms with Crippen LogP contribution in [0.5, 0.6) is 0 Å². The summed E-state index contributed by atoms with van der Waals surface area (Å²) in [7, 11) is 0. The molecular formula is C16H19FN2. The molecule has 0 spiro atoms. The zero-order valence-electron chi connectivity index (χ0n) is 11.3. The molecule has 0 amide bonds. The lowest BCUT2D eigenvalue weighted by Gasteiger charge is -2.11. The molecule has 2 nitrogen and oxygen atoms in total. The van der Waals surface area contributed by atoms with Crippen LogP contribution in [0.1, 0.15) is 30.9 Å². The van der Waals surface area contributed by atoms with Crippen molar-refractivity contribution in [2.75, 3.05) is 11.1 Å². The minimum atomic E-state index is -0.321. The van der Waals surface area contributed by atoms with Crippen molar-refractivity contribution in [1.29, 1.82) is 0 Å². The van der Waals surface area contributed by atoms with E-state index in [9.17, 15) is 4.39 Å². The normalized spacial score (nSPS) is 10.7. The minimum Gasteiger partial charge on any atom is -0.397 e. The van der Waals surface area contributed by atoms with E-state index in [2.05, 4.69) is 43.4 Å². The van der Waals surface area contributed by atoms with Gasteiger partial charge in [-0.05, 0) is 29.2 Å². The summed E-state index contributed by atoms with van der Waals surface area (Å²) in [6.07, 6.45) is 0. The van der Waals surface area contributed by atoms with Crippen LogP contribution in [-0.4, -0.2) is 0 Å². The van der Waals surface area contributed by atoms with Crippen LogP contribution >= 0.6 is 0 Å². The molecule has 0 aliphatic rings. The Kier molecular flexibility index (Phi) is 4.05. The molecule has 3 N–H and O–H groups in total. The first-order chi connectivity index (χ1) is 9.08. The molecule has 2 rings (SSSR count). The molecule has 0 unspecified atom stereocenters. The van der Waals surface area contributed by atoms with E-state index in [1.807, 2.05) is 0 Å². The van der Waals surface area contributed by atoms with E-state index in [0.29, 0.717) is 23.8 Å². The lowest BCUT2D eigenvalue weighted by molar-refractivity contribution is 0.631. The summed E-state index contributed by atoms with van der Waals surface area (Å²) in [6.45, 7) is 4.88. The highest BCUT2D eigenvalue weighted by molar-refractivity contribution is 5.66. The molecule has 0 heterocycles. The van der Waals surface area contributed by atoms with Crippen LogP contribution in [0, 0.1) is 5.82 Å². The van der Waals surface area contributed by atoms with Crippen molar-refractivity contribution in [3.8, 4) is 0 Å². The lowest BCUT2D eigenvalue weighted by Crippen LogP contribution is -2.04. The molecule has 0 saturated carbocycles. The Morgan fingerprint density at radius 2 is 1.79 bits per heavy atom. The monoisotopic (exact) mass is 258 g/mol. The van der Waals surface area contributed by atoms with Crippen LogP contribution in [0.2, 0.25) is 0 Å². The molecule has 0 aromatic heterocycles. The average molecular weight is 258 g/mol. The molecular weight excluding hydrogens is 239 g/mol. The lowest BCUT2D eigenvalue weighted by atomic mass is 10.0. The third-order valence-electron chi connectivity index (χ3n) is 3.16. The first kappa shape index (κ1) is 13.4. The van der Waals surface area contributed by atoms with Crippen LogP contribution in [0.3, 0.4) is 0 Å². The molecule has 0 aliphatic carbocycles. The van der Waals surface area contributed by atoms with Gasteiger partial charge in [0.15, 0.2) is 0 Å². The highest BCUT2D eigenvalue weighted by Crippen LogP contribution is 2.22. The van der Waals surface area contributed by atoms with Gasteiger partial charge in [-0.15, -0.1) is 0 Å². The number of anilines is 2. The number of nitrogen functional groups attached to an aromatic ring is 1. The quantitative estimate of drug-likeness (QED) is 0.809. The fraction of sp³-hybridized carbons (Fsp3) is 0.250. The molecule has 0 atom stereocenters. The Morgan fingerprint density at radius 1 is 1.11 bits per heavy atom. The average Bonchev–Trinajstić information content (AvgIpc) is 2.38. The van der Waals surface area contributed by atoms with Gasteiger partial charge in [0.1, 0.15) is 5.82 Å². The highest BCUT2D eigenvalue weighted by Gasteiger charge is 2.05. The summed E-state index contributed by atoms with van der Waals surface area (Å²) < 4.78 is 13.6. The molecule has 3 heteroatoms. The van der Waals surface area contributed by atoms with Crippen LogP contribution in [-0.2, 0) is 6.54 Å². The predicted molar refractivity (Wildman–Crippen MR) is 78.7 cm³/mol. The Bertz CT molecular complexity index is 527. The van der Waals surface area contributed by atoms with Gasteiger partial charge in [0, 0.05) is 6.54 Å². The molecule has 0 radical (unpaired) electrons. The summed E-state index contributed by atoms with van der Waals surface area (Å²) >= 11 is 0. The highest BCUT2D eigenvalue weighted by atomic mass is 19.1. The van der Waals surface area contributed by atoms with Crippen LogP contribution < -0.4 is 11.1 Å². The van der Waals surface area contributed by atoms with Gasteiger partial charge >= 0.3 is 0 Å². The minimum absolute atomic E-state index is 0.321. The van der Waals surface area contributed by atoms with Crippen molar-refractivity contribution >= 4 is 11.4 Å². The number of hydrogen-bond acceptors (Lipinski definition) is 2. The predicted octanol–water partition coefficient (Wildman–Crippen LogP) is 4.14. The van der Waals surface area contributed by atoms with Gasteiger partial charge in [-0.2, -0.15) is 0 Å². The third-order valence-corrected chi connectivity index (χ3v) is 3.16. The van der Waals surface area contributed by atoms with Crippen LogP contribution in [0.25, 0.3) is 0 Å². The molecule has 0 fully saturated rings. The number of para-hydroxylation sites is 1. The van der Waals surface area contributed by atoms with Gasteiger partial charge in [0.25, 0.3) is 0 Å². The van der Waals surface area contributed by atoms with E-state index >= 15 is 0 Å². The van der Waals surface area contributed by atoms with Gasteiger partial charge in [-0.1, -0.05) is 44.2 Å². The smallest absolute Gasteiger partial charge is 0.148 e. The van der Waals surface area contributed by atoms with Gasteiger partial charge in [0.2, 0.25) is 0 Å². The summed E-state index contributed by atoms with van der Waals surface area (Å²) in [6, 6.07) is 13.0. The van der Waals surface area contributed by atoms with Crippen molar-refractivity contribution in [2.45, 2.75) is 26.3 Å². The zero-order chi connectivity index (χ0) is 13.8. The second-order valence-electron chi connectivity index (χ2n) is 4.95. The number of rotatable bonds is 4. The molecule has 0 saturated heterocycles. The van der Waals surface area contributed by atoms with E-state index in [1.165, 1.54) is 11.6 Å². The topological polar surface area (TPSA) is 38.0 Å². The fourth-order valence-electron chi connectivity index (χ4n) is 1.94. The van der Waals surface area contributed by atoms with E-state index in [4.69, 9.17) is 5.73 Å². The van der Waals surface area contributed by atoms with Gasteiger partial charge in [0.05, 0.1) is 11.4 Å². The first-order valence-electron chi connectivity index (χ1n) is 6.44. The number of benzene rings is 2. The van der Waals surface area contributed by atoms with Crippen molar-refractivity contribution in [1.82, 2.24) is 0 Å². The van der Waals surface area contributed by atoms with Gasteiger partial charge < -0.3 is 11.1 Å². The van der Waals surface area contributed by atoms with Crippen molar-refractivity contribution in [2.24, 2.45) is 0 Å². The molecule has 0 aliphatic heterocycles. The Morgan fingerprint density at radius 3 is 2.37 bits per heavy atom. The summed E-state index contributed by atoms with van der Waals surface area (Å²) in [5.74, 6) is 0.197. The SMILES string of the molecule is CC(C)c1ccc(CNc2c(N)cccc2F)cc1. The maximum atomic E-state index is 13.6. The van der Waals surface area contributed by atoms with E-state index in [1.54, 1.807) is 12.1 Å². The second kappa shape index (κ2) is 5.74. The Hall–Kier alpha value is -2.03. The number of halogens is 1. The summed E-state index contributed by atoms with van der Waals surface area (Å²) in [5, 5.41) is 3.05. The number of hydrogen-bond donors (Lipinski definition) is 2. The summed E-state index contributed by atoms with van der Waals surface area (Å²) in [4.78, 5) is 0.